The van der Waals surface area contributed by atoms with Crippen LogP contribution in [0.4, 0.5) is 21.5 Å². The van der Waals surface area contributed by atoms with Crippen molar-refractivity contribution < 1.29 is 9.31 Å². The van der Waals surface area contributed by atoms with Crippen molar-refractivity contribution in [3.05, 3.63) is 64.0 Å². The van der Waals surface area contributed by atoms with Gasteiger partial charge >= 0.3 is 0 Å². The maximum atomic E-state index is 13.2. The SMILES string of the molecule is CN(Cc1ccc([N+](=O)[O-])c(N)c1)c1cccc(F)c1. The number of nitro groups is 1. The van der Waals surface area contributed by atoms with E-state index in [2.05, 4.69) is 0 Å². The Kier molecular flexibility index (Phi) is 3.84. The highest BCUT2D eigenvalue weighted by molar-refractivity contribution is 5.59. The minimum atomic E-state index is -0.518. The van der Waals surface area contributed by atoms with E-state index in [0.29, 0.717) is 6.54 Å². The molecule has 104 valence electrons. The zero-order valence-electron chi connectivity index (χ0n) is 10.9. The van der Waals surface area contributed by atoms with E-state index in [4.69, 9.17) is 5.73 Å². The average molecular weight is 275 g/mol. The summed E-state index contributed by atoms with van der Waals surface area (Å²) in [5, 5.41) is 10.7. The summed E-state index contributed by atoms with van der Waals surface area (Å²) >= 11 is 0. The highest BCUT2D eigenvalue weighted by atomic mass is 19.1. The first-order chi connectivity index (χ1) is 9.47. The smallest absolute Gasteiger partial charge is 0.292 e. The fourth-order valence-electron chi connectivity index (χ4n) is 1.95. The highest BCUT2D eigenvalue weighted by Crippen LogP contribution is 2.24. The molecule has 0 fully saturated rings. The van der Waals surface area contributed by atoms with Crippen molar-refractivity contribution in [2.45, 2.75) is 6.54 Å². The lowest BCUT2D eigenvalue weighted by atomic mass is 10.1. The van der Waals surface area contributed by atoms with Gasteiger partial charge in [0.1, 0.15) is 11.5 Å². The summed E-state index contributed by atoms with van der Waals surface area (Å²) < 4.78 is 13.2. The number of halogens is 1. The minimum absolute atomic E-state index is 0.109. The number of nitrogen functional groups attached to an aromatic ring is 1. The van der Waals surface area contributed by atoms with Crippen molar-refractivity contribution in [1.82, 2.24) is 0 Å². The second-order valence-electron chi connectivity index (χ2n) is 4.49. The van der Waals surface area contributed by atoms with Gasteiger partial charge in [0.2, 0.25) is 0 Å². The third kappa shape index (κ3) is 3.03. The number of nitro benzene ring substituents is 1. The monoisotopic (exact) mass is 275 g/mol. The summed E-state index contributed by atoms with van der Waals surface area (Å²) in [5.74, 6) is -0.308. The van der Waals surface area contributed by atoms with Gasteiger partial charge in [0, 0.05) is 25.3 Å². The number of anilines is 2. The van der Waals surface area contributed by atoms with Crippen LogP contribution in [-0.2, 0) is 6.54 Å². The fourth-order valence-corrected chi connectivity index (χ4v) is 1.95. The molecule has 0 unspecified atom stereocenters. The van der Waals surface area contributed by atoms with Crippen LogP contribution >= 0.6 is 0 Å². The summed E-state index contributed by atoms with van der Waals surface area (Å²) in [6, 6.07) is 10.8. The number of benzene rings is 2. The molecule has 0 spiro atoms. The number of hydrogen-bond acceptors (Lipinski definition) is 4. The quantitative estimate of drug-likeness (QED) is 0.529. The summed E-state index contributed by atoms with van der Waals surface area (Å²) in [7, 11) is 1.81. The molecule has 6 heteroatoms. The van der Waals surface area contributed by atoms with E-state index < -0.39 is 4.92 Å². The molecule has 2 N–H and O–H groups in total. The lowest BCUT2D eigenvalue weighted by Crippen LogP contribution is -2.16. The van der Waals surface area contributed by atoms with Crippen LogP contribution in [0.3, 0.4) is 0 Å². The largest absolute Gasteiger partial charge is 0.393 e. The van der Waals surface area contributed by atoms with Crippen LogP contribution in [-0.4, -0.2) is 12.0 Å². The van der Waals surface area contributed by atoms with Crippen molar-refractivity contribution in [3.8, 4) is 0 Å². The number of nitrogens with two attached hydrogens (primary N) is 1. The van der Waals surface area contributed by atoms with Gasteiger partial charge < -0.3 is 10.6 Å². The normalized spacial score (nSPS) is 10.3. The molecule has 0 atom stereocenters. The van der Waals surface area contributed by atoms with Crippen molar-refractivity contribution in [2.24, 2.45) is 0 Å². The summed E-state index contributed by atoms with van der Waals surface area (Å²) in [6.45, 7) is 0.478. The molecule has 20 heavy (non-hydrogen) atoms. The molecule has 2 aromatic carbocycles. The maximum absolute atomic E-state index is 13.2. The second-order valence-corrected chi connectivity index (χ2v) is 4.49. The Hall–Kier alpha value is -2.63. The highest BCUT2D eigenvalue weighted by Gasteiger charge is 2.12. The third-order valence-corrected chi connectivity index (χ3v) is 2.96. The van der Waals surface area contributed by atoms with Crippen LogP contribution in [0.15, 0.2) is 42.5 Å². The zero-order chi connectivity index (χ0) is 14.7. The molecular weight excluding hydrogens is 261 g/mol. The summed E-state index contributed by atoms with van der Waals surface area (Å²) in [6.07, 6.45) is 0. The van der Waals surface area contributed by atoms with Gasteiger partial charge in [0.25, 0.3) is 5.69 Å². The first-order valence-corrected chi connectivity index (χ1v) is 5.97. The Morgan fingerprint density at radius 2 is 2.05 bits per heavy atom. The van der Waals surface area contributed by atoms with Crippen LogP contribution in [0.5, 0.6) is 0 Å². The maximum Gasteiger partial charge on any atom is 0.292 e. The van der Waals surface area contributed by atoms with E-state index in [1.807, 2.05) is 11.9 Å². The molecule has 5 nitrogen and oxygen atoms in total. The molecule has 2 rings (SSSR count). The molecule has 0 aromatic heterocycles. The van der Waals surface area contributed by atoms with E-state index in [1.165, 1.54) is 18.2 Å². The van der Waals surface area contributed by atoms with Crippen molar-refractivity contribution in [3.63, 3.8) is 0 Å². The standard InChI is InChI=1S/C14H14FN3O2/c1-17(12-4-2-3-11(15)8-12)9-10-5-6-14(18(19)20)13(16)7-10/h2-8H,9,16H2,1H3. The first-order valence-electron chi connectivity index (χ1n) is 5.97. The van der Waals surface area contributed by atoms with Gasteiger partial charge in [-0.2, -0.15) is 0 Å². The molecule has 2 aromatic rings. The molecule has 0 amide bonds. The van der Waals surface area contributed by atoms with E-state index in [0.717, 1.165) is 11.3 Å². The van der Waals surface area contributed by atoms with Gasteiger partial charge in [-0.05, 0) is 29.8 Å². The van der Waals surface area contributed by atoms with Gasteiger partial charge in [0.15, 0.2) is 0 Å². The summed E-state index contributed by atoms with van der Waals surface area (Å²) in [4.78, 5) is 12.0. The zero-order valence-corrected chi connectivity index (χ0v) is 10.9. The summed E-state index contributed by atoms with van der Waals surface area (Å²) in [5.41, 5.74) is 7.20. The van der Waals surface area contributed by atoms with Gasteiger partial charge in [0.05, 0.1) is 4.92 Å². The Morgan fingerprint density at radius 3 is 2.65 bits per heavy atom. The van der Waals surface area contributed by atoms with E-state index in [1.54, 1.807) is 24.3 Å². The fraction of sp³-hybridized carbons (Fsp3) is 0.143. The predicted molar refractivity (Wildman–Crippen MR) is 76.0 cm³/mol. The third-order valence-electron chi connectivity index (χ3n) is 2.96. The predicted octanol–water partition coefficient (Wildman–Crippen LogP) is 2.95. The Labute approximate surface area is 115 Å². The molecule has 0 saturated heterocycles. The van der Waals surface area contributed by atoms with Crippen LogP contribution in [0.1, 0.15) is 5.56 Å². The number of hydrogen-bond donors (Lipinski definition) is 1. The van der Waals surface area contributed by atoms with Crippen LogP contribution in [0, 0.1) is 15.9 Å². The molecular formula is C14H14FN3O2. The second kappa shape index (κ2) is 5.56. The minimum Gasteiger partial charge on any atom is -0.393 e. The lowest BCUT2D eigenvalue weighted by molar-refractivity contribution is -0.383. The lowest BCUT2D eigenvalue weighted by Gasteiger charge is -2.19. The molecule has 0 heterocycles. The molecule has 0 saturated carbocycles. The van der Waals surface area contributed by atoms with Crippen molar-refractivity contribution in [2.75, 3.05) is 17.7 Å². The Bertz CT molecular complexity index is 646. The van der Waals surface area contributed by atoms with Crippen molar-refractivity contribution >= 4 is 17.1 Å². The molecule has 0 bridgehead atoms. The molecule has 0 radical (unpaired) electrons. The molecule has 0 aliphatic carbocycles. The van der Waals surface area contributed by atoms with E-state index in [9.17, 15) is 14.5 Å². The van der Waals surface area contributed by atoms with Crippen LogP contribution < -0.4 is 10.6 Å². The topological polar surface area (TPSA) is 72.4 Å². The van der Waals surface area contributed by atoms with Gasteiger partial charge in [-0.1, -0.05) is 12.1 Å². The number of rotatable bonds is 4. The Morgan fingerprint density at radius 1 is 1.30 bits per heavy atom. The molecule has 0 aliphatic heterocycles. The molecule has 0 aliphatic rings. The number of nitrogens with zero attached hydrogens (tertiary/aromatic N) is 2. The average Bonchev–Trinajstić information content (AvgIpc) is 2.38. The van der Waals surface area contributed by atoms with Gasteiger partial charge in [-0.15, -0.1) is 0 Å². The van der Waals surface area contributed by atoms with Crippen molar-refractivity contribution in [1.29, 1.82) is 0 Å². The van der Waals surface area contributed by atoms with Gasteiger partial charge in [-0.25, -0.2) is 4.39 Å². The van der Waals surface area contributed by atoms with Crippen LogP contribution in [0.2, 0.25) is 0 Å². The Balaban J connectivity index is 2.18. The van der Waals surface area contributed by atoms with Gasteiger partial charge in [-0.3, -0.25) is 10.1 Å². The van der Waals surface area contributed by atoms with E-state index >= 15 is 0 Å². The first kappa shape index (κ1) is 13.8. The van der Waals surface area contributed by atoms with Crippen LogP contribution in [0.25, 0.3) is 0 Å². The van der Waals surface area contributed by atoms with E-state index in [-0.39, 0.29) is 17.2 Å².